The summed E-state index contributed by atoms with van der Waals surface area (Å²) in [7, 11) is 0. The van der Waals surface area contributed by atoms with E-state index in [4.69, 9.17) is 0 Å². The van der Waals surface area contributed by atoms with Crippen LogP contribution in [0.2, 0.25) is 0 Å². The predicted octanol–water partition coefficient (Wildman–Crippen LogP) is 1.29. The zero-order chi connectivity index (χ0) is 10.4. The molecule has 1 amide bonds. The van der Waals surface area contributed by atoms with Gasteiger partial charge >= 0.3 is 0 Å². The van der Waals surface area contributed by atoms with Crippen molar-refractivity contribution in [1.29, 1.82) is 0 Å². The predicted molar refractivity (Wildman–Crippen MR) is 58.1 cm³/mol. The molecule has 0 spiro atoms. The third-order valence-electron chi connectivity index (χ3n) is 3.05. The Morgan fingerprint density at radius 1 is 1.50 bits per heavy atom. The summed E-state index contributed by atoms with van der Waals surface area (Å²) in [4.78, 5) is 11.1. The van der Waals surface area contributed by atoms with E-state index in [1.54, 1.807) is 0 Å². The molecule has 1 fully saturated rings. The van der Waals surface area contributed by atoms with Crippen LogP contribution in [0.4, 0.5) is 0 Å². The third-order valence-corrected chi connectivity index (χ3v) is 3.05. The first-order valence-electron chi connectivity index (χ1n) is 5.74. The van der Waals surface area contributed by atoms with E-state index in [0.29, 0.717) is 12.5 Å². The van der Waals surface area contributed by atoms with Crippen molar-refractivity contribution in [1.82, 2.24) is 10.6 Å². The molecule has 0 bridgehead atoms. The van der Waals surface area contributed by atoms with Crippen LogP contribution in [0.25, 0.3) is 0 Å². The average Bonchev–Trinajstić information content (AvgIpc) is 2.01. The zero-order valence-electron chi connectivity index (χ0n) is 9.31. The Morgan fingerprint density at radius 2 is 2.21 bits per heavy atom. The van der Waals surface area contributed by atoms with Crippen LogP contribution in [0.5, 0.6) is 0 Å². The molecule has 0 heterocycles. The summed E-state index contributed by atoms with van der Waals surface area (Å²) in [5, 5.41) is 6.21. The van der Waals surface area contributed by atoms with Gasteiger partial charge in [0.2, 0.25) is 5.91 Å². The van der Waals surface area contributed by atoms with Gasteiger partial charge in [0.05, 0.1) is 0 Å². The standard InChI is InChI=1S/C11H22N2O/c1-3-12-11(14)7-8-13-9(2)10-5-4-6-10/h9-10,13H,3-8H2,1-2H3,(H,12,14). The van der Waals surface area contributed by atoms with Crippen molar-refractivity contribution in [3.63, 3.8) is 0 Å². The molecule has 1 aliphatic carbocycles. The Balaban J connectivity index is 1.99. The molecule has 0 aromatic heterocycles. The van der Waals surface area contributed by atoms with Crippen molar-refractivity contribution >= 4 is 5.91 Å². The zero-order valence-corrected chi connectivity index (χ0v) is 9.31. The maximum atomic E-state index is 11.1. The smallest absolute Gasteiger partial charge is 0.221 e. The molecular formula is C11H22N2O. The minimum atomic E-state index is 0.154. The van der Waals surface area contributed by atoms with Gasteiger partial charge in [0.25, 0.3) is 0 Å². The molecule has 1 unspecified atom stereocenters. The lowest BCUT2D eigenvalue weighted by atomic mass is 9.80. The third kappa shape index (κ3) is 3.66. The summed E-state index contributed by atoms with van der Waals surface area (Å²) >= 11 is 0. The van der Waals surface area contributed by atoms with Gasteiger partial charge in [-0.05, 0) is 32.6 Å². The largest absolute Gasteiger partial charge is 0.356 e. The van der Waals surface area contributed by atoms with Gasteiger partial charge in [0.1, 0.15) is 0 Å². The van der Waals surface area contributed by atoms with Crippen LogP contribution in [0.1, 0.15) is 39.5 Å². The van der Waals surface area contributed by atoms with Crippen LogP contribution >= 0.6 is 0 Å². The average molecular weight is 198 g/mol. The van der Waals surface area contributed by atoms with Crippen molar-refractivity contribution in [2.75, 3.05) is 13.1 Å². The molecule has 0 aromatic rings. The first-order chi connectivity index (χ1) is 6.74. The number of amides is 1. The Kier molecular flexibility index (Phi) is 4.94. The highest BCUT2D eigenvalue weighted by Crippen LogP contribution is 2.29. The summed E-state index contributed by atoms with van der Waals surface area (Å²) in [6.45, 7) is 5.71. The molecule has 82 valence electrons. The topological polar surface area (TPSA) is 41.1 Å². The van der Waals surface area contributed by atoms with Gasteiger partial charge in [0, 0.05) is 25.6 Å². The number of hydrogen-bond acceptors (Lipinski definition) is 2. The Labute approximate surface area is 86.6 Å². The summed E-state index contributed by atoms with van der Waals surface area (Å²) in [5.74, 6) is 1.00. The van der Waals surface area contributed by atoms with E-state index in [-0.39, 0.29) is 5.91 Å². The lowest BCUT2D eigenvalue weighted by molar-refractivity contribution is -0.120. The van der Waals surface area contributed by atoms with E-state index in [1.807, 2.05) is 6.92 Å². The van der Waals surface area contributed by atoms with E-state index in [1.165, 1.54) is 19.3 Å². The molecule has 1 aliphatic rings. The molecule has 1 atom stereocenters. The molecular weight excluding hydrogens is 176 g/mol. The first-order valence-corrected chi connectivity index (χ1v) is 5.74. The van der Waals surface area contributed by atoms with Crippen LogP contribution in [0.15, 0.2) is 0 Å². The Morgan fingerprint density at radius 3 is 2.71 bits per heavy atom. The lowest BCUT2D eigenvalue weighted by Gasteiger charge is -2.32. The number of rotatable bonds is 6. The van der Waals surface area contributed by atoms with Crippen molar-refractivity contribution in [2.45, 2.75) is 45.6 Å². The highest BCUT2D eigenvalue weighted by molar-refractivity contribution is 5.75. The van der Waals surface area contributed by atoms with Crippen molar-refractivity contribution in [3.05, 3.63) is 0 Å². The maximum absolute atomic E-state index is 11.1. The van der Waals surface area contributed by atoms with Crippen molar-refractivity contribution < 1.29 is 4.79 Å². The summed E-state index contributed by atoms with van der Waals surface area (Å²) in [6.07, 6.45) is 4.70. The van der Waals surface area contributed by atoms with Crippen molar-refractivity contribution in [2.24, 2.45) is 5.92 Å². The van der Waals surface area contributed by atoms with E-state index in [9.17, 15) is 4.79 Å². The fraction of sp³-hybridized carbons (Fsp3) is 0.909. The number of nitrogens with one attached hydrogen (secondary N) is 2. The first kappa shape index (κ1) is 11.5. The van der Waals surface area contributed by atoms with Crippen LogP contribution in [-0.2, 0) is 4.79 Å². The maximum Gasteiger partial charge on any atom is 0.221 e. The molecule has 3 nitrogen and oxygen atoms in total. The normalized spacial score (nSPS) is 18.7. The minimum absolute atomic E-state index is 0.154. The van der Waals surface area contributed by atoms with Gasteiger partial charge in [-0.3, -0.25) is 4.79 Å². The molecule has 0 radical (unpaired) electrons. The minimum Gasteiger partial charge on any atom is -0.356 e. The van der Waals surface area contributed by atoms with E-state index >= 15 is 0 Å². The molecule has 3 heteroatoms. The van der Waals surface area contributed by atoms with Crippen molar-refractivity contribution in [3.8, 4) is 0 Å². The summed E-state index contributed by atoms with van der Waals surface area (Å²) in [5.41, 5.74) is 0. The van der Waals surface area contributed by atoms with Gasteiger partial charge in [-0.2, -0.15) is 0 Å². The van der Waals surface area contributed by atoms with Gasteiger partial charge in [0.15, 0.2) is 0 Å². The van der Waals surface area contributed by atoms with E-state index < -0.39 is 0 Å². The van der Waals surface area contributed by atoms with Gasteiger partial charge in [-0.25, -0.2) is 0 Å². The number of carbonyl (C=O) groups is 1. The molecule has 14 heavy (non-hydrogen) atoms. The van der Waals surface area contributed by atoms with Crippen LogP contribution in [0.3, 0.4) is 0 Å². The second kappa shape index (κ2) is 6.02. The summed E-state index contributed by atoms with van der Waals surface area (Å²) in [6, 6.07) is 0.582. The Bertz CT molecular complexity index is 178. The molecule has 0 aromatic carbocycles. The fourth-order valence-corrected chi connectivity index (χ4v) is 1.81. The van der Waals surface area contributed by atoms with Gasteiger partial charge < -0.3 is 10.6 Å². The van der Waals surface area contributed by atoms with Crippen LogP contribution < -0.4 is 10.6 Å². The molecule has 0 saturated heterocycles. The molecule has 2 N–H and O–H groups in total. The molecule has 0 aliphatic heterocycles. The highest BCUT2D eigenvalue weighted by Gasteiger charge is 2.23. The van der Waals surface area contributed by atoms with E-state index in [0.717, 1.165) is 19.0 Å². The van der Waals surface area contributed by atoms with Crippen LogP contribution in [-0.4, -0.2) is 25.0 Å². The second-order valence-corrected chi connectivity index (χ2v) is 4.14. The number of carbonyl (C=O) groups excluding carboxylic acids is 1. The molecule has 1 saturated carbocycles. The highest BCUT2D eigenvalue weighted by atomic mass is 16.1. The number of hydrogen-bond donors (Lipinski definition) is 2. The quantitative estimate of drug-likeness (QED) is 0.675. The van der Waals surface area contributed by atoms with Crippen LogP contribution in [0, 0.1) is 5.92 Å². The molecule has 1 rings (SSSR count). The monoisotopic (exact) mass is 198 g/mol. The second-order valence-electron chi connectivity index (χ2n) is 4.14. The van der Waals surface area contributed by atoms with E-state index in [2.05, 4.69) is 17.6 Å². The lowest BCUT2D eigenvalue weighted by Crippen LogP contribution is -2.39. The SMILES string of the molecule is CCNC(=O)CCNC(C)C1CCC1. The van der Waals surface area contributed by atoms with Gasteiger partial charge in [-0.1, -0.05) is 6.42 Å². The Hall–Kier alpha value is -0.570. The fourth-order valence-electron chi connectivity index (χ4n) is 1.81. The summed E-state index contributed by atoms with van der Waals surface area (Å²) < 4.78 is 0. The van der Waals surface area contributed by atoms with Gasteiger partial charge in [-0.15, -0.1) is 0 Å².